The van der Waals surface area contributed by atoms with Crippen LogP contribution in [0.15, 0.2) is 34.9 Å². The fraction of sp³-hybridized carbons (Fsp3) is 0.429. The summed E-state index contributed by atoms with van der Waals surface area (Å²) in [6, 6.07) is 8.64. The lowest BCUT2D eigenvalue weighted by Crippen LogP contribution is -2.35. The van der Waals surface area contributed by atoms with Gasteiger partial charge >= 0.3 is 0 Å². The summed E-state index contributed by atoms with van der Waals surface area (Å²) in [5.74, 6) is 0. The second-order valence-corrected chi connectivity index (χ2v) is 6.01. The molecule has 0 saturated carbocycles. The zero-order chi connectivity index (χ0) is 11.8. The molecule has 1 aliphatic carbocycles. The van der Waals surface area contributed by atoms with E-state index in [1.807, 2.05) is 11.8 Å². The van der Waals surface area contributed by atoms with Gasteiger partial charge in [0.1, 0.15) is 5.50 Å². The van der Waals surface area contributed by atoms with E-state index in [-0.39, 0.29) is 5.50 Å². The number of hydrogen-bond acceptors (Lipinski definition) is 3. The Hall–Kier alpha value is -0.930. The Balaban J connectivity index is 1.99. The van der Waals surface area contributed by atoms with Gasteiger partial charge in [-0.1, -0.05) is 23.9 Å². The Kier molecular flexibility index (Phi) is 2.89. The van der Waals surface area contributed by atoms with Gasteiger partial charge in [-0.05, 0) is 50.3 Å². The smallest absolute Gasteiger partial charge is 0.134 e. The van der Waals surface area contributed by atoms with Crippen molar-refractivity contribution >= 4 is 17.4 Å². The molecule has 1 aliphatic heterocycles. The van der Waals surface area contributed by atoms with Crippen molar-refractivity contribution < 1.29 is 0 Å². The number of aryl methyl sites for hydroxylation is 1. The van der Waals surface area contributed by atoms with Crippen molar-refractivity contribution in [3.63, 3.8) is 0 Å². The standard InChI is InChI=1S/C14H18N2S/c1-10-5-4-6-11(9-10)16-12-7-2-3-8-13(12)17-14(16)15/h4-6,9,14H,2-3,7-8,15H2,1H3. The number of allylic oxidation sites excluding steroid dienone is 2. The topological polar surface area (TPSA) is 29.3 Å². The van der Waals surface area contributed by atoms with Gasteiger partial charge in [0.05, 0.1) is 0 Å². The summed E-state index contributed by atoms with van der Waals surface area (Å²) in [5.41, 5.74) is 10.4. The quantitative estimate of drug-likeness (QED) is 0.821. The number of nitrogens with zero attached hydrogens (tertiary/aromatic N) is 1. The molecule has 1 unspecified atom stereocenters. The van der Waals surface area contributed by atoms with Crippen LogP contribution >= 0.6 is 11.8 Å². The van der Waals surface area contributed by atoms with Crippen LogP contribution in [0, 0.1) is 6.92 Å². The van der Waals surface area contributed by atoms with Crippen LogP contribution in [0.25, 0.3) is 0 Å². The van der Waals surface area contributed by atoms with E-state index in [2.05, 4.69) is 36.1 Å². The lowest BCUT2D eigenvalue weighted by Gasteiger charge is -2.27. The van der Waals surface area contributed by atoms with Gasteiger partial charge in [0.2, 0.25) is 0 Å². The van der Waals surface area contributed by atoms with E-state index < -0.39 is 0 Å². The van der Waals surface area contributed by atoms with Gasteiger partial charge in [-0.3, -0.25) is 0 Å². The predicted octanol–water partition coefficient (Wildman–Crippen LogP) is 3.58. The van der Waals surface area contributed by atoms with Gasteiger partial charge in [0.25, 0.3) is 0 Å². The summed E-state index contributed by atoms with van der Waals surface area (Å²) in [4.78, 5) is 3.84. The maximum atomic E-state index is 6.27. The molecule has 0 spiro atoms. The molecule has 0 radical (unpaired) electrons. The Morgan fingerprint density at radius 3 is 2.94 bits per heavy atom. The van der Waals surface area contributed by atoms with Crippen molar-refractivity contribution in [1.82, 2.24) is 0 Å². The van der Waals surface area contributed by atoms with Crippen LogP contribution in [0.3, 0.4) is 0 Å². The molecule has 2 aliphatic rings. The van der Waals surface area contributed by atoms with Crippen LogP contribution in [0.1, 0.15) is 31.2 Å². The zero-order valence-electron chi connectivity index (χ0n) is 10.1. The SMILES string of the molecule is Cc1cccc(N2C3=C(CCCC3)SC2N)c1. The van der Waals surface area contributed by atoms with Crippen LogP contribution in [0.5, 0.6) is 0 Å². The first-order chi connectivity index (χ1) is 8.25. The molecule has 3 rings (SSSR count). The van der Waals surface area contributed by atoms with Gasteiger partial charge in [-0.25, -0.2) is 0 Å². The van der Waals surface area contributed by atoms with Crippen LogP contribution < -0.4 is 10.6 Å². The molecule has 1 aromatic carbocycles. The molecule has 1 atom stereocenters. The van der Waals surface area contributed by atoms with E-state index in [9.17, 15) is 0 Å². The molecule has 1 aromatic rings. The van der Waals surface area contributed by atoms with Crippen molar-refractivity contribution in [2.45, 2.75) is 38.1 Å². The predicted molar refractivity (Wildman–Crippen MR) is 74.7 cm³/mol. The summed E-state index contributed by atoms with van der Waals surface area (Å²) in [6.45, 7) is 2.13. The molecule has 0 fully saturated rings. The highest BCUT2D eigenvalue weighted by Gasteiger charge is 2.32. The third-order valence-electron chi connectivity index (χ3n) is 3.48. The molecule has 0 bridgehead atoms. The lowest BCUT2D eigenvalue weighted by molar-refractivity contribution is 0.673. The number of thioether (sulfide) groups is 1. The van der Waals surface area contributed by atoms with E-state index in [4.69, 9.17) is 5.73 Å². The first kappa shape index (κ1) is 11.2. The normalized spacial score (nSPS) is 24.1. The average molecular weight is 246 g/mol. The molecular weight excluding hydrogens is 228 g/mol. The second kappa shape index (κ2) is 4.39. The molecule has 1 heterocycles. The van der Waals surface area contributed by atoms with Crippen LogP contribution in [-0.2, 0) is 0 Å². The Labute approximate surface area is 107 Å². The molecule has 2 N–H and O–H groups in total. The second-order valence-electron chi connectivity index (χ2n) is 4.79. The van der Waals surface area contributed by atoms with Crippen molar-refractivity contribution in [2.24, 2.45) is 5.73 Å². The van der Waals surface area contributed by atoms with E-state index in [0.29, 0.717) is 0 Å². The zero-order valence-corrected chi connectivity index (χ0v) is 11.0. The average Bonchev–Trinajstić information content (AvgIpc) is 2.64. The van der Waals surface area contributed by atoms with Crippen molar-refractivity contribution in [3.05, 3.63) is 40.4 Å². The summed E-state index contributed by atoms with van der Waals surface area (Å²) in [6.07, 6.45) is 5.02. The van der Waals surface area contributed by atoms with Crippen molar-refractivity contribution in [1.29, 1.82) is 0 Å². The molecule has 90 valence electrons. The molecule has 0 amide bonds. The molecule has 17 heavy (non-hydrogen) atoms. The van der Waals surface area contributed by atoms with Crippen LogP contribution in [0.2, 0.25) is 0 Å². The third kappa shape index (κ3) is 1.98. The number of anilines is 1. The number of rotatable bonds is 1. The Morgan fingerprint density at radius 2 is 2.12 bits per heavy atom. The largest absolute Gasteiger partial charge is 0.319 e. The minimum Gasteiger partial charge on any atom is -0.319 e. The molecule has 0 saturated heterocycles. The summed E-state index contributed by atoms with van der Waals surface area (Å²) in [7, 11) is 0. The highest BCUT2D eigenvalue weighted by atomic mass is 32.2. The summed E-state index contributed by atoms with van der Waals surface area (Å²) in [5, 5.41) is 0. The van der Waals surface area contributed by atoms with Gasteiger partial charge in [-0.2, -0.15) is 0 Å². The maximum Gasteiger partial charge on any atom is 0.134 e. The van der Waals surface area contributed by atoms with Gasteiger partial charge in [-0.15, -0.1) is 0 Å². The van der Waals surface area contributed by atoms with Gasteiger partial charge in [0, 0.05) is 16.3 Å². The highest BCUT2D eigenvalue weighted by molar-refractivity contribution is 8.04. The molecular formula is C14H18N2S. The molecule has 3 heteroatoms. The fourth-order valence-electron chi connectivity index (χ4n) is 2.68. The minimum absolute atomic E-state index is 0.0694. The number of benzene rings is 1. The lowest BCUT2D eigenvalue weighted by atomic mass is 10.0. The number of nitrogens with two attached hydrogens (primary N) is 1. The monoisotopic (exact) mass is 246 g/mol. The molecule has 0 aromatic heterocycles. The Morgan fingerprint density at radius 1 is 1.29 bits per heavy atom. The first-order valence-electron chi connectivity index (χ1n) is 6.26. The molecule has 2 nitrogen and oxygen atoms in total. The van der Waals surface area contributed by atoms with E-state index in [1.54, 1.807) is 0 Å². The Bertz CT molecular complexity index is 467. The van der Waals surface area contributed by atoms with E-state index in [0.717, 1.165) is 0 Å². The summed E-state index contributed by atoms with van der Waals surface area (Å²) < 4.78 is 0. The highest BCUT2D eigenvalue weighted by Crippen LogP contribution is 2.45. The van der Waals surface area contributed by atoms with Crippen LogP contribution in [-0.4, -0.2) is 5.50 Å². The maximum absolute atomic E-state index is 6.27. The van der Waals surface area contributed by atoms with Crippen LogP contribution in [0.4, 0.5) is 5.69 Å². The third-order valence-corrected chi connectivity index (χ3v) is 4.65. The first-order valence-corrected chi connectivity index (χ1v) is 7.14. The van der Waals surface area contributed by atoms with E-state index in [1.165, 1.54) is 47.5 Å². The van der Waals surface area contributed by atoms with Gasteiger partial charge in [0.15, 0.2) is 0 Å². The summed E-state index contributed by atoms with van der Waals surface area (Å²) >= 11 is 1.84. The van der Waals surface area contributed by atoms with Gasteiger partial charge < -0.3 is 10.6 Å². The van der Waals surface area contributed by atoms with E-state index >= 15 is 0 Å². The fourth-order valence-corrected chi connectivity index (χ4v) is 3.92. The van der Waals surface area contributed by atoms with Crippen molar-refractivity contribution in [2.75, 3.05) is 4.90 Å². The number of hydrogen-bond donors (Lipinski definition) is 1. The minimum atomic E-state index is 0.0694. The van der Waals surface area contributed by atoms with Crippen molar-refractivity contribution in [3.8, 4) is 0 Å².